The Balaban J connectivity index is 3.25. The minimum absolute atomic E-state index is 0.338. The highest BCUT2D eigenvalue weighted by Gasteiger charge is 2.31. The smallest absolute Gasteiger partial charge is 0.242 e. The molecule has 0 spiro atoms. The first-order valence-corrected chi connectivity index (χ1v) is 4.67. The molecule has 1 rings (SSSR count). The maximum atomic E-state index is 13.3. The Labute approximate surface area is 88.5 Å². The maximum Gasteiger partial charge on any atom is 0.242 e. The van der Waals surface area contributed by atoms with Crippen molar-refractivity contribution in [2.24, 2.45) is 5.73 Å². The second-order valence-corrected chi connectivity index (χ2v) is 3.70. The van der Waals surface area contributed by atoms with Crippen molar-refractivity contribution in [3.8, 4) is 0 Å². The minimum atomic E-state index is -1.03. The van der Waals surface area contributed by atoms with Gasteiger partial charge in [-0.3, -0.25) is 4.79 Å². The summed E-state index contributed by atoms with van der Waals surface area (Å²) in [5.74, 6) is -0.872. The molecule has 0 aliphatic carbocycles. The van der Waals surface area contributed by atoms with Crippen molar-refractivity contribution in [3.63, 3.8) is 0 Å². The van der Waals surface area contributed by atoms with Gasteiger partial charge >= 0.3 is 0 Å². The van der Waals surface area contributed by atoms with Gasteiger partial charge in [0.25, 0.3) is 0 Å². The predicted octanol–water partition coefficient (Wildman–Crippen LogP) is 1.05. The number of primary amides is 1. The van der Waals surface area contributed by atoms with Crippen LogP contribution in [0.2, 0.25) is 0 Å². The lowest BCUT2D eigenvalue weighted by Gasteiger charge is -2.26. The molecular weight excluding hydrogens is 195 g/mol. The highest BCUT2D eigenvalue weighted by Crippen LogP contribution is 2.21. The highest BCUT2D eigenvalue weighted by molar-refractivity contribution is 5.85. The summed E-state index contributed by atoms with van der Waals surface area (Å²) in [5.41, 5.74) is 5.32. The molecule has 1 atom stereocenters. The Kier molecular flexibility index (Phi) is 3.09. The van der Waals surface area contributed by atoms with Crippen molar-refractivity contribution in [1.82, 2.24) is 5.32 Å². The van der Waals surface area contributed by atoms with Gasteiger partial charge in [-0.1, -0.05) is 12.1 Å². The molecule has 0 saturated carbocycles. The van der Waals surface area contributed by atoms with Gasteiger partial charge < -0.3 is 11.1 Å². The Bertz CT molecular complexity index is 392. The summed E-state index contributed by atoms with van der Waals surface area (Å²) in [5, 5.41) is 2.80. The zero-order valence-electron chi connectivity index (χ0n) is 9.10. The predicted molar refractivity (Wildman–Crippen MR) is 56.7 cm³/mol. The molecule has 0 heterocycles. The average Bonchev–Trinajstić information content (AvgIpc) is 2.20. The van der Waals surface area contributed by atoms with E-state index in [1.807, 2.05) is 0 Å². The summed E-state index contributed by atoms with van der Waals surface area (Å²) < 4.78 is 13.3. The van der Waals surface area contributed by atoms with Gasteiger partial charge in [0.2, 0.25) is 5.91 Å². The number of amides is 1. The zero-order chi connectivity index (χ0) is 11.6. The summed E-state index contributed by atoms with van der Waals surface area (Å²) >= 11 is 0. The molecule has 1 aromatic rings. The molecule has 1 aromatic carbocycles. The van der Waals surface area contributed by atoms with Crippen molar-refractivity contribution in [2.75, 3.05) is 7.05 Å². The Morgan fingerprint density at radius 1 is 1.53 bits per heavy atom. The van der Waals surface area contributed by atoms with E-state index in [1.165, 1.54) is 6.07 Å². The fraction of sp³-hybridized carbons (Fsp3) is 0.364. The van der Waals surface area contributed by atoms with Crippen LogP contribution in [0, 0.1) is 12.7 Å². The van der Waals surface area contributed by atoms with Crippen LogP contribution in [0.15, 0.2) is 18.2 Å². The molecular formula is C11H15FN2O. The van der Waals surface area contributed by atoms with E-state index in [4.69, 9.17) is 5.73 Å². The number of likely N-dealkylation sites (N-methyl/N-ethyl adjacent to an activating group) is 1. The number of carbonyl (C=O) groups is 1. The number of carbonyl (C=O) groups excluding carboxylic acids is 1. The molecule has 3 nitrogen and oxygen atoms in total. The van der Waals surface area contributed by atoms with Crippen LogP contribution in [-0.2, 0) is 10.3 Å². The van der Waals surface area contributed by atoms with Crippen molar-refractivity contribution < 1.29 is 9.18 Å². The first kappa shape index (κ1) is 11.7. The molecule has 1 unspecified atom stereocenters. The largest absolute Gasteiger partial charge is 0.368 e. The minimum Gasteiger partial charge on any atom is -0.368 e. The quantitative estimate of drug-likeness (QED) is 0.783. The van der Waals surface area contributed by atoms with Gasteiger partial charge in [0, 0.05) is 0 Å². The second kappa shape index (κ2) is 3.98. The van der Waals surface area contributed by atoms with Crippen molar-refractivity contribution >= 4 is 5.91 Å². The third-order valence-corrected chi connectivity index (χ3v) is 2.74. The van der Waals surface area contributed by atoms with E-state index in [-0.39, 0.29) is 5.82 Å². The Morgan fingerprint density at radius 3 is 2.53 bits per heavy atom. The van der Waals surface area contributed by atoms with Crippen LogP contribution in [0.25, 0.3) is 0 Å². The lowest BCUT2D eigenvalue weighted by molar-refractivity contribution is -0.123. The summed E-state index contributed by atoms with van der Waals surface area (Å²) in [6.07, 6.45) is 0. The number of rotatable bonds is 3. The summed E-state index contributed by atoms with van der Waals surface area (Å²) in [6, 6.07) is 4.65. The van der Waals surface area contributed by atoms with Gasteiger partial charge in [-0.15, -0.1) is 0 Å². The lowest BCUT2D eigenvalue weighted by atomic mass is 9.91. The molecule has 0 aliphatic rings. The molecule has 1 amide bonds. The summed E-state index contributed by atoms with van der Waals surface area (Å²) in [7, 11) is 1.61. The van der Waals surface area contributed by atoms with Crippen LogP contribution < -0.4 is 11.1 Å². The molecule has 0 aromatic heterocycles. The molecule has 15 heavy (non-hydrogen) atoms. The number of hydrogen-bond donors (Lipinski definition) is 2. The zero-order valence-corrected chi connectivity index (χ0v) is 9.10. The van der Waals surface area contributed by atoms with Gasteiger partial charge in [0.1, 0.15) is 11.4 Å². The van der Waals surface area contributed by atoms with Gasteiger partial charge in [-0.25, -0.2) is 4.39 Å². The SMILES string of the molecule is CNC(C)(C(N)=O)c1ccc(C)c(F)c1. The Hall–Kier alpha value is -1.42. The van der Waals surface area contributed by atoms with E-state index in [9.17, 15) is 9.18 Å². The second-order valence-electron chi connectivity index (χ2n) is 3.70. The molecule has 0 radical (unpaired) electrons. The van der Waals surface area contributed by atoms with Crippen LogP contribution >= 0.6 is 0 Å². The third kappa shape index (κ3) is 1.99. The number of nitrogens with one attached hydrogen (secondary N) is 1. The molecule has 0 saturated heterocycles. The van der Waals surface area contributed by atoms with Crippen LogP contribution in [0.3, 0.4) is 0 Å². The van der Waals surface area contributed by atoms with E-state index >= 15 is 0 Å². The van der Waals surface area contributed by atoms with E-state index in [1.54, 1.807) is 33.0 Å². The number of nitrogens with two attached hydrogens (primary N) is 1. The maximum absolute atomic E-state index is 13.3. The first-order chi connectivity index (χ1) is 6.91. The fourth-order valence-corrected chi connectivity index (χ4v) is 1.31. The van der Waals surface area contributed by atoms with E-state index in [2.05, 4.69) is 5.32 Å². The normalized spacial score (nSPS) is 14.7. The summed E-state index contributed by atoms with van der Waals surface area (Å²) in [6.45, 7) is 3.29. The van der Waals surface area contributed by atoms with Crippen LogP contribution in [0.4, 0.5) is 4.39 Å². The average molecular weight is 210 g/mol. The highest BCUT2D eigenvalue weighted by atomic mass is 19.1. The number of hydrogen-bond acceptors (Lipinski definition) is 2. The van der Waals surface area contributed by atoms with Gasteiger partial charge in [-0.2, -0.15) is 0 Å². The van der Waals surface area contributed by atoms with E-state index in [0.29, 0.717) is 11.1 Å². The van der Waals surface area contributed by atoms with Gasteiger partial charge in [0.15, 0.2) is 0 Å². The Morgan fingerprint density at radius 2 is 2.13 bits per heavy atom. The van der Waals surface area contributed by atoms with Gasteiger partial charge in [0.05, 0.1) is 0 Å². The molecule has 0 bridgehead atoms. The van der Waals surface area contributed by atoms with Gasteiger partial charge in [-0.05, 0) is 38.1 Å². The van der Waals surface area contributed by atoms with Crippen molar-refractivity contribution in [2.45, 2.75) is 19.4 Å². The first-order valence-electron chi connectivity index (χ1n) is 4.67. The molecule has 0 aliphatic heterocycles. The number of benzene rings is 1. The summed E-state index contributed by atoms with van der Waals surface area (Å²) in [4.78, 5) is 11.3. The van der Waals surface area contributed by atoms with Crippen molar-refractivity contribution in [1.29, 1.82) is 0 Å². The van der Waals surface area contributed by atoms with E-state index in [0.717, 1.165) is 0 Å². The topological polar surface area (TPSA) is 55.1 Å². The molecule has 4 heteroatoms. The third-order valence-electron chi connectivity index (χ3n) is 2.74. The van der Waals surface area contributed by atoms with E-state index < -0.39 is 11.4 Å². The lowest BCUT2D eigenvalue weighted by Crippen LogP contribution is -2.48. The van der Waals surface area contributed by atoms with Crippen molar-refractivity contribution in [3.05, 3.63) is 35.1 Å². The molecule has 0 fully saturated rings. The monoisotopic (exact) mass is 210 g/mol. The molecule has 3 N–H and O–H groups in total. The fourth-order valence-electron chi connectivity index (χ4n) is 1.31. The van der Waals surface area contributed by atoms with Crippen LogP contribution in [0.5, 0.6) is 0 Å². The van der Waals surface area contributed by atoms with Crippen LogP contribution in [0.1, 0.15) is 18.1 Å². The standard InChI is InChI=1S/C11H15FN2O/c1-7-4-5-8(6-9(7)12)11(2,14-3)10(13)15/h4-6,14H,1-3H3,(H2,13,15). The number of aryl methyl sites for hydroxylation is 1. The number of halogens is 1. The van der Waals surface area contributed by atoms with Crippen LogP contribution in [-0.4, -0.2) is 13.0 Å². The molecule has 82 valence electrons.